The van der Waals surface area contributed by atoms with Crippen LogP contribution in [0.25, 0.3) is 5.57 Å². The molecular formula is C24H18F2N2O3. The number of aryl methyl sites for hydroxylation is 1. The predicted molar refractivity (Wildman–Crippen MR) is 114 cm³/mol. The summed E-state index contributed by atoms with van der Waals surface area (Å²) in [4.78, 5) is 27.4. The molecule has 0 aromatic heterocycles. The second-order valence-corrected chi connectivity index (χ2v) is 6.99. The Morgan fingerprint density at radius 2 is 1.61 bits per heavy atom. The maximum absolute atomic E-state index is 13.8. The number of carbonyl (C=O) groups is 2. The number of nitrogens with zero attached hydrogens (tertiary/aromatic N) is 1. The minimum absolute atomic E-state index is 0.0184. The zero-order chi connectivity index (χ0) is 22.1. The smallest absolute Gasteiger partial charge is 0.282 e. The molecule has 0 bridgehead atoms. The number of imide groups is 1. The van der Waals surface area contributed by atoms with E-state index in [1.54, 1.807) is 42.5 Å². The topological polar surface area (TPSA) is 58.6 Å². The van der Waals surface area contributed by atoms with Gasteiger partial charge in [0.25, 0.3) is 11.8 Å². The third kappa shape index (κ3) is 3.66. The molecule has 156 valence electrons. The van der Waals surface area contributed by atoms with E-state index in [2.05, 4.69) is 5.32 Å². The van der Waals surface area contributed by atoms with Crippen molar-refractivity contribution in [3.63, 3.8) is 0 Å². The highest BCUT2D eigenvalue weighted by Crippen LogP contribution is 2.36. The number of hydrogen-bond donors (Lipinski definition) is 1. The van der Waals surface area contributed by atoms with Crippen molar-refractivity contribution in [3.8, 4) is 5.75 Å². The molecule has 0 spiro atoms. The molecule has 31 heavy (non-hydrogen) atoms. The molecule has 1 aliphatic heterocycles. The summed E-state index contributed by atoms with van der Waals surface area (Å²) >= 11 is 0. The Hall–Kier alpha value is -4.00. The van der Waals surface area contributed by atoms with Crippen LogP contribution in [0.5, 0.6) is 5.75 Å². The van der Waals surface area contributed by atoms with Gasteiger partial charge < -0.3 is 10.1 Å². The van der Waals surface area contributed by atoms with Crippen molar-refractivity contribution in [2.75, 3.05) is 17.3 Å². The van der Waals surface area contributed by atoms with E-state index in [4.69, 9.17) is 4.74 Å². The van der Waals surface area contributed by atoms with Crippen LogP contribution in [0.15, 0.2) is 72.4 Å². The molecule has 0 radical (unpaired) electrons. The van der Waals surface area contributed by atoms with Gasteiger partial charge in [-0.3, -0.25) is 9.59 Å². The highest BCUT2D eigenvalue weighted by atomic mass is 19.2. The third-order valence-corrected chi connectivity index (χ3v) is 4.92. The number of nitrogens with one attached hydrogen (secondary N) is 1. The first-order valence-corrected chi connectivity index (χ1v) is 9.46. The van der Waals surface area contributed by atoms with Crippen LogP contribution < -0.4 is 15.0 Å². The highest BCUT2D eigenvalue weighted by Gasteiger charge is 2.40. The van der Waals surface area contributed by atoms with E-state index in [-0.39, 0.29) is 17.0 Å². The zero-order valence-corrected chi connectivity index (χ0v) is 16.8. The molecule has 0 unspecified atom stereocenters. The predicted octanol–water partition coefficient (Wildman–Crippen LogP) is 4.68. The maximum Gasteiger partial charge on any atom is 0.282 e. The van der Waals surface area contributed by atoms with Crippen molar-refractivity contribution in [1.29, 1.82) is 0 Å². The van der Waals surface area contributed by atoms with Gasteiger partial charge in [0, 0.05) is 6.07 Å². The first-order valence-electron chi connectivity index (χ1n) is 9.46. The zero-order valence-electron chi connectivity index (χ0n) is 16.8. The lowest BCUT2D eigenvalue weighted by molar-refractivity contribution is -0.120. The number of carbonyl (C=O) groups excluding carboxylic acids is 2. The summed E-state index contributed by atoms with van der Waals surface area (Å²) in [5.41, 5.74) is 2.01. The van der Waals surface area contributed by atoms with Gasteiger partial charge in [0.2, 0.25) is 0 Å². The number of hydrogen-bond acceptors (Lipinski definition) is 4. The first kappa shape index (κ1) is 20.3. The number of amides is 2. The molecule has 7 heteroatoms. The fraction of sp³-hybridized carbons (Fsp3) is 0.0833. The summed E-state index contributed by atoms with van der Waals surface area (Å²) < 4.78 is 32.6. The average molecular weight is 420 g/mol. The van der Waals surface area contributed by atoms with Crippen molar-refractivity contribution < 1.29 is 23.1 Å². The number of rotatable bonds is 5. The van der Waals surface area contributed by atoms with Gasteiger partial charge in [-0.05, 0) is 42.3 Å². The standard InChI is InChI=1S/C24H18F2N2O3/c1-14-8-11-20(31-2)19(12-14)27-22-21(15-6-4-3-5-7-15)23(29)28(24(22)30)16-9-10-17(25)18(26)13-16/h3-13,27H,1-2H3. The van der Waals surface area contributed by atoms with Crippen LogP contribution >= 0.6 is 0 Å². The number of methoxy groups -OCH3 is 1. The van der Waals surface area contributed by atoms with Gasteiger partial charge in [-0.15, -0.1) is 0 Å². The highest BCUT2D eigenvalue weighted by molar-refractivity contribution is 6.46. The molecule has 1 N–H and O–H groups in total. The molecule has 1 heterocycles. The van der Waals surface area contributed by atoms with Crippen LogP contribution in [-0.2, 0) is 9.59 Å². The second-order valence-electron chi connectivity index (χ2n) is 6.99. The van der Waals surface area contributed by atoms with Crippen LogP contribution in [0, 0.1) is 18.6 Å². The largest absolute Gasteiger partial charge is 0.495 e. The Morgan fingerprint density at radius 1 is 0.871 bits per heavy atom. The molecule has 0 saturated carbocycles. The van der Waals surface area contributed by atoms with E-state index < -0.39 is 23.4 Å². The van der Waals surface area contributed by atoms with Crippen molar-refractivity contribution in [2.24, 2.45) is 0 Å². The summed E-state index contributed by atoms with van der Waals surface area (Å²) in [6, 6.07) is 16.9. The quantitative estimate of drug-likeness (QED) is 0.609. The van der Waals surface area contributed by atoms with Gasteiger partial charge in [-0.1, -0.05) is 36.4 Å². The molecule has 0 aliphatic carbocycles. The molecule has 5 nitrogen and oxygen atoms in total. The van der Waals surface area contributed by atoms with Crippen LogP contribution in [0.1, 0.15) is 11.1 Å². The van der Waals surface area contributed by atoms with Gasteiger partial charge in [0.1, 0.15) is 11.4 Å². The summed E-state index contributed by atoms with van der Waals surface area (Å²) in [7, 11) is 1.50. The van der Waals surface area contributed by atoms with Crippen LogP contribution in [0.2, 0.25) is 0 Å². The lowest BCUT2D eigenvalue weighted by Gasteiger charge is -2.16. The average Bonchev–Trinajstić information content (AvgIpc) is 3.00. The Labute approximate surface area is 177 Å². The molecule has 0 fully saturated rings. The fourth-order valence-electron chi connectivity index (χ4n) is 3.43. The molecule has 0 atom stereocenters. The monoisotopic (exact) mass is 420 g/mol. The molecular weight excluding hydrogens is 402 g/mol. The van der Waals surface area contributed by atoms with Gasteiger partial charge in [-0.25, -0.2) is 13.7 Å². The molecule has 1 aliphatic rings. The summed E-state index contributed by atoms with van der Waals surface area (Å²) in [5, 5.41) is 3.03. The van der Waals surface area contributed by atoms with Crippen molar-refractivity contribution >= 4 is 28.8 Å². The Kier molecular flexibility index (Phi) is 5.25. The number of halogens is 2. The van der Waals surface area contributed by atoms with Crippen LogP contribution in [0.4, 0.5) is 20.2 Å². The lowest BCUT2D eigenvalue weighted by Crippen LogP contribution is -2.32. The Bertz CT molecular complexity index is 1220. The minimum atomic E-state index is -1.15. The van der Waals surface area contributed by atoms with E-state index in [1.165, 1.54) is 13.2 Å². The summed E-state index contributed by atoms with van der Waals surface area (Å²) in [6.45, 7) is 1.88. The van der Waals surface area contributed by atoms with Gasteiger partial charge in [-0.2, -0.15) is 0 Å². The molecule has 3 aromatic rings. The van der Waals surface area contributed by atoms with Gasteiger partial charge in [0.05, 0.1) is 24.1 Å². The minimum Gasteiger partial charge on any atom is -0.495 e. The van der Waals surface area contributed by atoms with E-state index in [0.717, 1.165) is 22.6 Å². The van der Waals surface area contributed by atoms with Gasteiger partial charge >= 0.3 is 0 Å². The Balaban J connectivity index is 1.85. The van der Waals surface area contributed by atoms with E-state index >= 15 is 0 Å². The SMILES string of the molecule is COc1ccc(C)cc1NC1=C(c2ccccc2)C(=O)N(c2ccc(F)c(F)c2)C1=O. The normalized spacial score (nSPS) is 13.7. The third-order valence-electron chi connectivity index (χ3n) is 4.92. The molecule has 0 saturated heterocycles. The van der Waals surface area contributed by atoms with E-state index in [1.807, 2.05) is 13.0 Å². The number of ether oxygens (including phenoxy) is 1. The second kappa shape index (κ2) is 8.02. The van der Waals surface area contributed by atoms with Crippen LogP contribution in [-0.4, -0.2) is 18.9 Å². The molecule has 4 rings (SSSR count). The van der Waals surface area contributed by atoms with Crippen molar-refractivity contribution in [2.45, 2.75) is 6.92 Å². The molecule has 3 aromatic carbocycles. The first-order chi connectivity index (χ1) is 14.9. The molecule has 2 amide bonds. The Morgan fingerprint density at radius 3 is 2.29 bits per heavy atom. The van der Waals surface area contributed by atoms with E-state index in [0.29, 0.717) is 17.0 Å². The van der Waals surface area contributed by atoms with Crippen LogP contribution in [0.3, 0.4) is 0 Å². The summed E-state index contributed by atoms with van der Waals surface area (Å²) in [5.74, 6) is -3.06. The van der Waals surface area contributed by atoms with Crippen molar-refractivity contribution in [1.82, 2.24) is 0 Å². The summed E-state index contributed by atoms with van der Waals surface area (Å²) in [6.07, 6.45) is 0. The fourth-order valence-corrected chi connectivity index (χ4v) is 3.43. The van der Waals surface area contributed by atoms with Crippen molar-refractivity contribution in [3.05, 3.63) is 95.2 Å². The number of benzene rings is 3. The maximum atomic E-state index is 13.8. The van der Waals surface area contributed by atoms with Gasteiger partial charge in [0.15, 0.2) is 11.6 Å². The lowest BCUT2D eigenvalue weighted by atomic mass is 10.0. The van der Waals surface area contributed by atoms with E-state index in [9.17, 15) is 18.4 Å². The number of anilines is 2.